The molecule has 4 nitrogen and oxygen atoms in total. The average Bonchev–Trinajstić information content (AvgIpc) is 2.82. The minimum Gasteiger partial charge on any atom is -0.288 e. The molecular weight excluding hydrogens is 372 g/mol. The van der Waals surface area contributed by atoms with Gasteiger partial charge < -0.3 is 0 Å². The standard InChI is InChI=1S/C26H16N2O2/c27-17-23(25(29)21-7-3-1-4-8-21)15-19-11-13-20(14-12-19)16-24(18-28)26(30)22-9-5-2-6-10-22/h1-16H/b23-15-,24-16+. The van der Waals surface area contributed by atoms with Crippen LogP contribution in [-0.4, -0.2) is 11.6 Å². The Morgan fingerprint density at radius 3 is 1.20 bits per heavy atom. The van der Waals surface area contributed by atoms with E-state index in [4.69, 9.17) is 0 Å². The summed E-state index contributed by atoms with van der Waals surface area (Å²) in [5.41, 5.74) is 2.29. The van der Waals surface area contributed by atoms with Crippen molar-refractivity contribution >= 4 is 23.7 Å². The number of allylic oxidation sites excluding steroid dienone is 2. The summed E-state index contributed by atoms with van der Waals surface area (Å²) in [5.74, 6) is -0.690. The largest absolute Gasteiger partial charge is 0.288 e. The summed E-state index contributed by atoms with van der Waals surface area (Å²) < 4.78 is 0. The smallest absolute Gasteiger partial charge is 0.203 e. The van der Waals surface area contributed by atoms with E-state index in [1.807, 2.05) is 12.1 Å². The van der Waals surface area contributed by atoms with Crippen LogP contribution in [0.25, 0.3) is 12.2 Å². The first-order chi connectivity index (χ1) is 14.6. The third-order valence-electron chi connectivity index (χ3n) is 4.36. The van der Waals surface area contributed by atoms with Gasteiger partial charge in [-0.15, -0.1) is 0 Å². The molecular formula is C26H16N2O2. The Morgan fingerprint density at radius 1 is 0.567 bits per heavy atom. The second kappa shape index (κ2) is 9.59. The van der Waals surface area contributed by atoms with Crippen LogP contribution in [0, 0.1) is 22.7 Å². The maximum absolute atomic E-state index is 12.5. The Hall–Kier alpha value is -4.54. The van der Waals surface area contributed by atoms with E-state index in [1.165, 1.54) is 12.2 Å². The average molecular weight is 388 g/mol. The van der Waals surface area contributed by atoms with E-state index in [9.17, 15) is 20.1 Å². The summed E-state index contributed by atoms with van der Waals surface area (Å²) in [6, 6.07) is 28.0. The second-order valence-electron chi connectivity index (χ2n) is 6.40. The minimum absolute atomic E-state index is 0.0291. The Balaban J connectivity index is 1.83. The molecule has 0 radical (unpaired) electrons. The molecule has 3 rings (SSSR count). The maximum atomic E-state index is 12.5. The van der Waals surface area contributed by atoms with Gasteiger partial charge in [0.1, 0.15) is 23.3 Å². The van der Waals surface area contributed by atoms with Gasteiger partial charge in [0.2, 0.25) is 11.6 Å². The molecule has 142 valence electrons. The number of benzene rings is 3. The normalized spacial score (nSPS) is 11.3. The predicted molar refractivity (Wildman–Crippen MR) is 115 cm³/mol. The lowest BCUT2D eigenvalue weighted by atomic mass is 10.00. The van der Waals surface area contributed by atoms with Crippen LogP contribution in [-0.2, 0) is 0 Å². The molecule has 3 aromatic carbocycles. The number of carbonyl (C=O) groups is 2. The lowest BCUT2D eigenvalue weighted by Gasteiger charge is -2.02. The summed E-state index contributed by atoms with van der Waals surface area (Å²) in [4.78, 5) is 24.9. The van der Waals surface area contributed by atoms with Crippen molar-refractivity contribution in [3.05, 3.63) is 118 Å². The molecule has 0 N–H and O–H groups in total. The number of nitrogens with zero attached hydrogens (tertiary/aromatic N) is 2. The monoisotopic (exact) mass is 388 g/mol. The highest BCUT2D eigenvalue weighted by atomic mass is 16.1. The van der Waals surface area contributed by atoms with Crippen LogP contribution in [0.15, 0.2) is 96.1 Å². The van der Waals surface area contributed by atoms with Crippen LogP contribution in [0.3, 0.4) is 0 Å². The molecule has 0 aromatic heterocycles. The second-order valence-corrected chi connectivity index (χ2v) is 6.40. The van der Waals surface area contributed by atoms with Gasteiger partial charge in [-0.05, 0) is 23.3 Å². The summed E-state index contributed by atoms with van der Waals surface area (Å²) in [5, 5.41) is 18.7. The van der Waals surface area contributed by atoms with Crippen LogP contribution >= 0.6 is 0 Å². The first kappa shape index (κ1) is 20.2. The lowest BCUT2D eigenvalue weighted by Crippen LogP contribution is -2.01. The van der Waals surface area contributed by atoms with Gasteiger partial charge in [-0.2, -0.15) is 10.5 Å². The molecule has 0 aliphatic heterocycles. The van der Waals surface area contributed by atoms with E-state index in [1.54, 1.807) is 84.9 Å². The molecule has 0 amide bonds. The molecule has 0 bridgehead atoms. The van der Waals surface area contributed by atoms with Gasteiger partial charge in [0.25, 0.3) is 0 Å². The van der Waals surface area contributed by atoms with E-state index < -0.39 is 0 Å². The first-order valence-electron chi connectivity index (χ1n) is 9.15. The zero-order valence-corrected chi connectivity index (χ0v) is 15.9. The van der Waals surface area contributed by atoms with Gasteiger partial charge in [-0.1, -0.05) is 84.9 Å². The van der Waals surface area contributed by atoms with Gasteiger partial charge >= 0.3 is 0 Å². The third-order valence-corrected chi connectivity index (χ3v) is 4.36. The number of hydrogen-bond donors (Lipinski definition) is 0. The van der Waals surface area contributed by atoms with Crippen molar-refractivity contribution in [2.45, 2.75) is 0 Å². The molecule has 0 spiro atoms. The van der Waals surface area contributed by atoms with Gasteiger partial charge in [0.15, 0.2) is 0 Å². The zero-order chi connectivity index (χ0) is 21.3. The number of rotatable bonds is 6. The van der Waals surface area contributed by atoms with E-state index in [2.05, 4.69) is 0 Å². The van der Waals surface area contributed by atoms with Crippen LogP contribution < -0.4 is 0 Å². The van der Waals surface area contributed by atoms with E-state index >= 15 is 0 Å². The Morgan fingerprint density at radius 2 is 0.900 bits per heavy atom. The molecule has 0 fully saturated rings. The van der Waals surface area contributed by atoms with Crippen molar-refractivity contribution in [2.75, 3.05) is 0 Å². The number of nitriles is 2. The van der Waals surface area contributed by atoms with Crippen molar-refractivity contribution < 1.29 is 9.59 Å². The minimum atomic E-state index is -0.345. The van der Waals surface area contributed by atoms with Gasteiger partial charge in [-0.25, -0.2) is 0 Å². The van der Waals surface area contributed by atoms with E-state index in [0.717, 1.165) is 0 Å². The van der Waals surface area contributed by atoms with Crippen LogP contribution in [0.1, 0.15) is 31.8 Å². The summed E-state index contributed by atoms with van der Waals surface area (Å²) in [6.07, 6.45) is 3.03. The van der Waals surface area contributed by atoms with Gasteiger partial charge in [0.05, 0.1) is 0 Å². The zero-order valence-electron chi connectivity index (χ0n) is 15.9. The molecule has 0 saturated heterocycles. The number of Topliss-reactive ketones (excluding diaryl/α,β-unsaturated/α-hetero) is 2. The maximum Gasteiger partial charge on any atom is 0.203 e. The Kier molecular flexibility index (Phi) is 6.46. The number of carbonyl (C=O) groups excluding carboxylic acids is 2. The number of ketones is 2. The van der Waals surface area contributed by atoms with Crippen LogP contribution in [0.4, 0.5) is 0 Å². The topological polar surface area (TPSA) is 81.7 Å². The van der Waals surface area contributed by atoms with Gasteiger partial charge in [0, 0.05) is 11.1 Å². The number of hydrogen-bond acceptors (Lipinski definition) is 4. The lowest BCUT2D eigenvalue weighted by molar-refractivity contribution is 0.103. The molecule has 0 heterocycles. The molecule has 0 atom stereocenters. The van der Waals surface area contributed by atoms with Crippen LogP contribution in [0.2, 0.25) is 0 Å². The fraction of sp³-hybridized carbons (Fsp3) is 0. The summed E-state index contributed by atoms with van der Waals surface area (Å²) >= 11 is 0. The van der Waals surface area contributed by atoms with Crippen molar-refractivity contribution in [3.63, 3.8) is 0 Å². The molecule has 4 heteroatoms. The first-order valence-corrected chi connectivity index (χ1v) is 9.15. The van der Waals surface area contributed by atoms with Crippen LogP contribution in [0.5, 0.6) is 0 Å². The summed E-state index contributed by atoms with van der Waals surface area (Å²) in [7, 11) is 0. The molecule has 0 saturated carbocycles. The van der Waals surface area contributed by atoms with Crippen molar-refractivity contribution in [3.8, 4) is 12.1 Å². The predicted octanol–water partition coefficient (Wildman–Crippen LogP) is 5.27. The summed E-state index contributed by atoms with van der Waals surface area (Å²) in [6.45, 7) is 0. The van der Waals surface area contributed by atoms with Crippen molar-refractivity contribution in [1.29, 1.82) is 10.5 Å². The van der Waals surface area contributed by atoms with Gasteiger partial charge in [-0.3, -0.25) is 9.59 Å². The molecule has 3 aromatic rings. The van der Waals surface area contributed by atoms with Crippen molar-refractivity contribution in [2.24, 2.45) is 0 Å². The molecule has 0 aliphatic carbocycles. The Bertz CT molecular complexity index is 1110. The highest BCUT2D eigenvalue weighted by molar-refractivity contribution is 6.14. The quantitative estimate of drug-likeness (QED) is 0.327. The molecule has 0 unspecified atom stereocenters. The third kappa shape index (κ3) is 4.84. The Labute approximate surface area is 174 Å². The van der Waals surface area contributed by atoms with Crippen molar-refractivity contribution in [1.82, 2.24) is 0 Å². The molecule has 0 aliphatic rings. The highest BCUT2D eigenvalue weighted by Crippen LogP contribution is 2.16. The highest BCUT2D eigenvalue weighted by Gasteiger charge is 2.13. The fourth-order valence-electron chi connectivity index (χ4n) is 2.81. The SMILES string of the molecule is N#C/C(=C/c1ccc(/C=C(\C#N)C(=O)c2ccccc2)cc1)C(=O)c1ccccc1. The van der Waals surface area contributed by atoms with E-state index in [0.29, 0.717) is 22.3 Å². The molecule has 30 heavy (non-hydrogen) atoms. The van der Waals surface area contributed by atoms with E-state index in [-0.39, 0.29) is 22.7 Å². The fourth-order valence-corrected chi connectivity index (χ4v) is 2.81.